The zero-order valence-electron chi connectivity index (χ0n) is 9.31. The highest BCUT2D eigenvalue weighted by molar-refractivity contribution is 5.02. The van der Waals surface area contributed by atoms with E-state index in [0.717, 1.165) is 5.82 Å². The van der Waals surface area contributed by atoms with E-state index in [0.29, 0.717) is 18.2 Å². The average Bonchev–Trinajstić information content (AvgIpc) is 2.62. The third-order valence-electron chi connectivity index (χ3n) is 3.31. The molecule has 1 aliphatic carbocycles. The van der Waals surface area contributed by atoms with E-state index in [4.69, 9.17) is 4.52 Å². The molecule has 0 aromatic carbocycles. The summed E-state index contributed by atoms with van der Waals surface area (Å²) < 4.78 is 5.19. The quantitative estimate of drug-likeness (QED) is 0.827. The Morgan fingerprint density at radius 1 is 1.53 bits per heavy atom. The van der Waals surface area contributed by atoms with Crippen LogP contribution in [0.25, 0.3) is 0 Å². The standard InChI is InChI=1S/C11H18N2O2/c1-3-9(14)7(2)11-12-10(13-15-11)8-5-4-6-8/h7-9,14H,3-6H2,1-2H3. The number of hydrogen-bond donors (Lipinski definition) is 1. The fraction of sp³-hybridized carbons (Fsp3) is 0.818. The van der Waals surface area contributed by atoms with Gasteiger partial charge in [-0.25, -0.2) is 0 Å². The monoisotopic (exact) mass is 210 g/mol. The maximum Gasteiger partial charge on any atom is 0.232 e. The second-order valence-corrected chi connectivity index (χ2v) is 4.38. The molecule has 0 spiro atoms. The van der Waals surface area contributed by atoms with E-state index in [1.54, 1.807) is 0 Å². The Balaban J connectivity index is 2.05. The van der Waals surface area contributed by atoms with E-state index in [9.17, 15) is 5.11 Å². The molecule has 1 N–H and O–H groups in total. The van der Waals surface area contributed by atoms with Crippen LogP contribution in [0.5, 0.6) is 0 Å². The maximum atomic E-state index is 9.67. The van der Waals surface area contributed by atoms with Gasteiger partial charge in [0.05, 0.1) is 12.0 Å². The summed E-state index contributed by atoms with van der Waals surface area (Å²) in [5.41, 5.74) is 0. The van der Waals surface area contributed by atoms with Crippen LogP contribution in [0.2, 0.25) is 0 Å². The lowest BCUT2D eigenvalue weighted by molar-refractivity contribution is 0.129. The molecular weight excluding hydrogens is 192 g/mol. The van der Waals surface area contributed by atoms with Crippen LogP contribution in [0.3, 0.4) is 0 Å². The van der Waals surface area contributed by atoms with Gasteiger partial charge in [0.15, 0.2) is 5.82 Å². The van der Waals surface area contributed by atoms with E-state index in [1.807, 2.05) is 13.8 Å². The van der Waals surface area contributed by atoms with Crippen LogP contribution in [0, 0.1) is 0 Å². The van der Waals surface area contributed by atoms with Crippen LogP contribution < -0.4 is 0 Å². The summed E-state index contributed by atoms with van der Waals surface area (Å²) in [7, 11) is 0. The van der Waals surface area contributed by atoms with Gasteiger partial charge in [0.2, 0.25) is 5.89 Å². The van der Waals surface area contributed by atoms with E-state index in [1.165, 1.54) is 19.3 Å². The molecule has 0 radical (unpaired) electrons. The topological polar surface area (TPSA) is 59.2 Å². The second-order valence-electron chi connectivity index (χ2n) is 4.38. The highest BCUT2D eigenvalue weighted by Gasteiger charge is 2.27. The number of nitrogens with zero attached hydrogens (tertiary/aromatic N) is 2. The van der Waals surface area contributed by atoms with Gasteiger partial charge in [-0.15, -0.1) is 0 Å². The van der Waals surface area contributed by atoms with Crippen molar-refractivity contribution in [2.45, 2.75) is 57.5 Å². The number of hydrogen-bond acceptors (Lipinski definition) is 4. The lowest BCUT2D eigenvalue weighted by Crippen LogP contribution is -2.15. The maximum absolute atomic E-state index is 9.67. The van der Waals surface area contributed by atoms with Crippen molar-refractivity contribution in [3.63, 3.8) is 0 Å². The molecule has 15 heavy (non-hydrogen) atoms. The first-order chi connectivity index (χ1) is 7.22. The summed E-state index contributed by atoms with van der Waals surface area (Å²) in [5, 5.41) is 13.6. The minimum atomic E-state index is -0.389. The van der Waals surface area contributed by atoms with Gasteiger partial charge in [-0.3, -0.25) is 0 Å². The molecule has 0 amide bonds. The van der Waals surface area contributed by atoms with Gasteiger partial charge in [0.1, 0.15) is 0 Å². The fourth-order valence-electron chi connectivity index (χ4n) is 1.78. The number of rotatable bonds is 4. The minimum absolute atomic E-state index is 0.0590. The van der Waals surface area contributed by atoms with Crippen LogP contribution in [0.15, 0.2) is 4.52 Å². The smallest absolute Gasteiger partial charge is 0.232 e. The Labute approximate surface area is 89.7 Å². The Hall–Kier alpha value is -0.900. The molecule has 4 nitrogen and oxygen atoms in total. The molecule has 0 bridgehead atoms. The molecule has 1 aromatic heterocycles. The van der Waals surface area contributed by atoms with Crippen LogP contribution in [0.1, 0.15) is 63.1 Å². The molecule has 1 fully saturated rings. The molecule has 0 saturated heterocycles. The summed E-state index contributed by atoms with van der Waals surface area (Å²) in [6.07, 6.45) is 3.93. The summed E-state index contributed by atoms with van der Waals surface area (Å²) in [4.78, 5) is 4.36. The Morgan fingerprint density at radius 3 is 2.80 bits per heavy atom. The molecule has 2 unspecified atom stereocenters. The molecule has 1 heterocycles. The SMILES string of the molecule is CCC(O)C(C)c1nc(C2CCC2)no1. The van der Waals surface area contributed by atoms with Gasteiger partial charge >= 0.3 is 0 Å². The molecule has 1 aromatic rings. The van der Waals surface area contributed by atoms with Crippen LogP contribution in [-0.4, -0.2) is 21.4 Å². The number of aliphatic hydroxyl groups is 1. The molecule has 1 saturated carbocycles. The zero-order valence-corrected chi connectivity index (χ0v) is 9.31. The van der Waals surface area contributed by atoms with Crippen LogP contribution >= 0.6 is 0 Å². The molecule has 2 atom stereocenters. The molecule has 2 rings (SSSR count). The van der Waals surface area contributed by atoms with Gasteiger partial charge in [0.25, 0.3) is 0 Å². The van der Waals surface area contributed by atoms with Crippen molar-refractivity contribution in [2.75, 3.05) is 0 Å². The lowest BCUT2D eigenvalue weighted by Gasteiger charge is -2.21. The summed E-state index contributed by atoms with van der Waals surface area (Å²) in [5.74, 6) is 1.84. The highest BCUT2D eigenvalue weighted by Crippen LogP contribution is 2.35. The van der Waals surface area contributed by atoms with Gasteiger partial charge < -0.3 is 9.63 Å². The van der Waals surface area contributed by atoms with Crippen molar-refractivity contribution in [3.05, 3.63) is 11.7 Å². The molecule has 84 valence electrons. The Bertz CT molecular complexity index is 320. The molecular formula is C11H18N2O2. The first kappa shape index (κ1) is 10.6. The number of aliphatic hydroxyl groups excluding tert-OH is 1. The van der Waals surface area contributed by atoms with Crippen LogP contribution in [-0.2, 0) is 0 Å². The molecule has 4 heteroatoms. The predicted octanol–water partition coefficient (Wildman–Crippen LogP) is 2.21. The van der Waals surface area contributed by atoms with E-state index < -0.39 is 0 Å². The summed E-state index contributed by atoms with van der Waals surface area (Å²) >= 11 is 0. The zero-order chi connectivity index (χ0) is 10.8. The fourth-order valence-corrected chi connectivity index (χ4v) is 1.78. The van der Waals surface area contributed by atoms with Gasteiger partial charge in [-0.1, -0.05) is 25.4 Å². The summed E-state index contributed by atoms with van der Waals surface area (Å²) in [6.45, 7) is 3.87. The first-order valence-corrected chi connectivity index (χ1v) is 5.74. The third kappa shape index (κ3) is 2.04. The van der Waals surface area contributed by atoms with Crippen molar-refractivity contribution in [1.29, 1.82) is 0 Å². The second kappa shape index (κ2) is 4.31. The van der Waals surface area contributed by atoms with Crippen LogP contribution in [0.4, 0.5) is 0 Å². The van der Waals surface area contributed by atoms with Gasteiger partial charge in [-0.2, -0.15) is 4.98 Å². The van der Waals surface area contributed by atoms with E-state index in [-0.39, 0.29) is 12.0 Å². The number of aromatic nitrogens is 2. The van der Waals surface area contributed by atoms with Crippen molar-refractivity contribution < 1.29 is 9.63 Å². The average molecular weight is 210 g/mol. The highest BCUT2D eigenvalue weighted by atomic mass is 16.5. The third-order valence-corrected chi connectivity index (χ3v) is 3.31. The lowest BCUT2D eigenvalue weighted by atomic mass is 9.85. The van der Waals surface area contributed by atoms with Gasteiger partial charge in [0, 0.05) is 5.92 Å². The predicted molar refractivity (Wildman–Crippen MR) is 55.6 cm³/mol. The van der Waals surface area contributed by atoms with Crippen molar-refractivity contribution in [2.24, 2.45) is 0 Å². The first-order valence-electron chi connectivity index (χ1n) is 5.74. The van der Waals surface area contributed by atoms with Gasteiger partial charge in [-0.05, 0) is 19.3 Å². The van der Waals surface area contributed by atoms with E-state index in [2.05, 4.69) is 10.1 Å². The Morgan fingerprint density at radius 2 is 2.27 bits per heavy atom. The van der Waals surface area contributed by atoms with Crippen molar-refractivity contribution >= 4 is 0 Å². The van der Waals surface area contributed by atoms with Crippen molar-refractivity contribution in [3.8, 4) is 0 Å². The van der Waals surface area contributed by atoms with E-state index >= 15 is 0 Å². The molecule has 0 aliphatic heterocycles. The summed E-state index contributed by atoms with van der Waals surface area (Å²) in [6, 6.07) is 0. The minimum Gasteiger partial charge on any atom is -0.392 e. The normalized spacial score (nSPS) is 21.0. The molecule has 1 aliphatic rings. The largest absolute Gasteiger partial charge is 0.392 e. The van der Waals surface area contributed by atoms with Crippen molar-refractivity contribution in [1.82, 2.24) is 10.1 Å². The Kier molecular flexibility index (Phi) is 3.05.